The molecule has 0 aromatic carbocycles. The van der Waals surface area contributed by atoms with Crippen LogP contribution in [0.3, 0.4) is 0 Å². The lowest BCUT2D eigenvalue weighted by atomic mass is 9.75. The van der Waals surface area contributed by atoms with Gasteiger partial charge in [-0.25, -0.2) is 0 Å². The highest BCUT2D eigenvalue weighted by Crippen LogP contribution is 2.38. The monoisotopic (exact) mass is 228 g/mol. The van der Waals surface area contributed by atoms with E-state index in [4.69, 9.17) is 9.47 Å². The first-order valence-electron chi connectivity index (χ1n) is 6.87. The Kier molecular flexibility index (Phi) is 5.77. The molecule has 96 valence electrons. The van der Waals surface area contributed by atoms with E-state index in [0.29, 0.717) is 17.9 Å². The molecule has 1 heterocycles. The van der Waals surface area contributed by atoms with E-state index in [1.165, 1.54) is 25.7 Å². The van der Waals surface area contributed by atoms with E-state index in [1.54, 1.807) is 0 Å². The molecule has 0 spiro atoms. The summed E-state index contributed by atoms with van der Waals surface area (Å²) in [6, 6.07) is 0. The van der Waals surface area contributed by atoms with Gasteiger partial charge >= 0.3 is 0 Å². The predicted molar refractivity (Wildman–Crippen MR) is 67.6 cm³/mol. The molecular formula is C14H28O2. The molecule has 0 aliphatic carbocycles. The van der Waals surface area contributed by atoms with Crippen molar-refractivity contribution in [2.45, 2.75) is 71.7 Å². The molecular weight excluding hydrogens is 200 g/mol. The molecule has 0 aromatic heterocycles. The summed E-state index contributed by atoms with van der Waals surface area (Å²) in [6.07, 6.45) is 5.78. The predicted octanol–water partition coefficient (Wildman–Crippen LogP) is 3.64. The molecule has 2 heteroatoms. The van der Waals surface area contributed by atoms with Crippen molar-refractivity contribution >= 4 is 0 Å². The highest BCUT2D eigenvalue weighted by atomic mass is 16.5. The standard InChI is InChI=1S/C14H28O2/c1-6-9-13-11(7-2)12(8-3)14(15-5)10(4)16-13/h10-14H,6-9H2,1-5H3/t10-,11-,12?,13?,14?/m0/s1. The second-order valence-electron chi connectivity index (χ2n) is 5.01. The zero-order valence-electron chi connectivity index (χ0n) is 11.5. The topological polar surface area (TPSA) is 18.5 Å². The number of hydrogen-bond donors (Lipinski definition) is 0. The van der Waals surface area contributed by atoms with Gasteiger partial charge in [-0.05, 0) is 25.2 Å². The average molecular weight is 228 g/mol. The number of methoxy groups -OCH3 is 1. The van der Waals surface area contributed by atoms with E-state index in [2.05, 4.69) is 27.7 Å². The molecule has 1 aliphatic heterocycles. The molecule has 3 unspecified atom stereocenters. The summed E-state index contributed by atoms with van der Waals surface area (Å²) in [5, 5.41) is 0. The lowest BCUT2D eigenvalue weighted by Gasteiger charge is -2.45. The third kappa shape index (κ3) is 2.78. The van der Waals surface area contributed by atoms with Gasteiger partial charge in [0.1, 0.15) is 0 Å². The second kappa shape index (κ2) is 6.61. The minimum atomic E-state index is 0.245. The Bertz CT molecular complexity index is 193. The van der Waals surface area contributed by atoms with E-state index >= 15 is 0 Å². The van der Waals surface area contributed by atoms with Gasteiger partial charge in [-0.2, -0.15) is 0 Å². The average Bonchev–Trinajstić information content (AvgIpc) is 2.28. The van der Waals surface area contributed by atoms with Gasteiger partial charge in [0.05, 0.1) is 18.3 Å². The van der Waals surface area contributed by atoms with Crippen molar-refractivity contribution in [2.75, 3.05) is 7.11 Å². The van der Waals surface area contributed by atoms with E-state index in [-0.39, 0.29) is 12.2 Å². The van der Waals surface area contributed by atoms with Crippen LogP contribution in [-0.2, 0) is 9.47 Å². The quantitative estimate of drug-likeness (QED) is 0.715. The van der Waals surface area contributed by atoms with Crippen molar-refractivity contribution in [3.63, 3.8) is 0 Å². The minimum Gasteiger partial charge on any atom is -0.378 e. The van der Waals surface area contributed by atoms with Gasteiger partial charge in [-0.1, -0.05) is 40.0 Å². The highest BCUT2D eigenvalue weighted by molar-refractivity contribution is 4.89. The minimum absolute atomic E-state index is 0.245. The molecule has 16 heavy (non-hydrogen) atoms. The Balaban J connectivity index is 2.78. The van der Waals surface area contributed by atoms with Crippen molar-refractivity contribution < 1.29 is 9.47 Å². The van der Waals surface area contributed by atoms with Gasteiger partial charge in [-0.15, -0.1) is 0 Å². The molecule has 5 atom stereocenters. The van der Waals surface area contributed by atoms with Gasteiger partial charge in [-0.3, -0.25) is 0 Å². The lowest BCUT2D eigenvalue weighted by Crippen LogP contribution is -2.50. The highest BCUT2D eigenvalue weighted by Gasteiger charge is 2.41. The van der Waals surface area contributed by atoms with E-state index in [0.717, 1.165) is 0 Å². The lowest BCUT2D eigenvalue weighted by molar-refractivity contribution is -0.182. The van der Waals surface area contributed by atoms with Crippen LogP contribution >= 0.6 is 0 Å². The zero-order valence-corrected chi connectivity index (χ0v) is 11.5. The first kappa shape index (κ1) is 14.0. The summed E-state index contributed by atoms with van der Waals surface area (Å²) in [7, 11) is 1.82. The van der Waals surface area contributed by atoms with Crippen LogP contribution in [0, 0.1) is 11.8 Å². The number of hydrogen-bond acceptors (Lipinski definition) is 2. The molecule has 2 nitrogen and oxygen atoms in total. The summed E-state index contributed by atoms with van der Waals surface area (Å²) in [4.78, 5) is 0. The zero-order chi connectivity index (χ0) is 12.1. The van der Waals surface area contributed by atoms with Gasteiger partial charge in [0.15, 0.2) is 0 Å². The SMILES string of the molecule is CCCC1O[C@@H](C)C(OC)C(CC)[C@@H]1CC. The Hall–Kier alpha value is -0.0800. The maximum absolute atomic E-state index is 6.14. The fourth-order valence-corrected chi connectivity index (χ4v) is 3.36. The van der Waals surface area contributed by atoms with E-state index in [9.17, 15) is 0 Å². The molecule has 0 radical (unpaired) electrons. The van der Waals surface area contributed by atoms with Gasteiger partial charge in [0, 0.05) is 7.11 Å². The maximum Gasteiger partial charge on any atom is 0.0861 e. The van der Waals surface area contributed by atoms with Crippen LogP contribution in [0.2, 0.25) is 0 Å². The smallest absolute Gasteiger partial charge is 0.0861 e. The first-order chi connectivity index (χ1) is 7.69. The van der Waals surface area contributed by atoms with Crippen LogP contribution < -0.4 is 0 Å². The van der Waals surface area contributed by atoms with Crippen molar-refractivity contribution in [1.82, 2.24) is 0 Å². The summed E-state index contributed by atoms with van der Waals surface area (Å²) in [6.45, 7) is 8.96. The molecule has 0 N–H and O–H groups in total. The summed E-state index contributed by atoms with van der Waals surface area (Å²) in [5.41, 5.74) is 0. The van der Waals surface area contributed by atoms with Gasteiger partial charge in [0.2, 0.25) is 0 Å². The van der Waals surface area contributed by atoms with Crippen LogP contribution in [0.25, 0.3) is 0 Å². The second-order valence-corrected chi connectivity index (χ2v) is 5.01. The molecule has 1 aliphatic rings. The van der Waals surface area contributed by atoms with Crippen LogP contribution in [0.4, 0.5) is 0 Å². The molecule has 1 rings (SSSR count). The van der Waals surface area contributed by atoms with Crippen LogP contribution in [0.15, 0.2) is 0 Å². The summed E-state index contributed by atoms with van der Waals surface area (Å²) in [5.74, 6) is 1.33. The number of rotatable bonds is 5. The summed E-state index contributed by atoms with van der Waals surface area (Å²) < 4.78 is 11.8. The molecule has 0 bridgehead atoms. The molecule has 1 fully saturated rings. The first-order valence-corrected chi connectivity index (χ1v) is 6.87. The molecule has 0 aromatic rings. The largest absolute Gasteiger partial charge is 0.378 e. The molecule has 0 saturated carbocycles. The number of ether oxygens (including phenoxy) is 2. The summed E-state index contributed by atoms with van der Waals surface area (Å²) >= 11 is 0. The van der Waals surface area contributed by atoms with E-state index in [1.807, 2.05) is 7.11 Å². The molecule has 0 amide bonds. The fourth-order valence-electron chi connectivity index (χ4n) is 3.36. The Morgan fingerprint density at radius 2 is 1.69 bits per heavy atom. The maximum atomic E-state index is 6.14. The van der Waals surface area contributed by atoms with Crippen LogP contribution in [0.5, 0.6) is 0 Å². The van der Waals surface area contributed by atoms with Crippen molar-refractivity contribution in [3.8, 4) is 0 Å². The Morgan fingerprint density at radius 1 is 1.06 bits per heavy atom. The van der Waals surface area contributed by atoms with Crippen LogP contribution in [0.1, 0.15) is 53.4 Å². The van der Waals surface area contributed by atoms with Gasteiger partial charge in [0.25, 0.3) is 0 Å². The van der Waals surface area contributed by atoms with E-state index < -0.39 is 0 Å². The van der Waals surface area contributed by atoms with Crippen molar-refractivity contribution in [2.24, 2.45) is 11.8 Å². The third-order valence-electron chi connectivity index (χ3n) is 4.09. The Morgan fingerprint density at radius 3 is 2.12 bits per heavy atom. The van der Waals surface area contributed by atoms with Crippen molar-refractivity contribution in [1.29, 1.82) is 0 Å². The van der Waals surface area contributed by atoms with Gasteiger partial charge < -0.3 is 9.47 Å². The van der Waals surface area contributed by atoms with Crippen LogP contribution in [-0.4, -0.2) is 25.4 Å². The Labute approximate surface area is 101 Å². The normalized spacial score (nSPS) is 39.9. The molecule has 1 saturated heterocycles. The fraction of sp³-hybridized carbons (Fsp3) is 1.00. The van der Waals surface area contributed by atoms with Crippen molar-refractivity contribution in [3.05, 3.63) is 0 Å². The third-order valence-corrected chi connectivity index (χ3v) is 4.09.